The monoisotopic (exact) mass is 308 g/mol. The van der Waals surface area contributed by atoms with Crippen molar-refractivity contribution in [1.29, 1.82) is 0 Å². The van der Waals surface area contributed by atoms with Gasteiger partial charge in [-0.2, -0.15) is 0 Å². The lowest BCUT2D eigenvalue weighted by molar-refractivity contribution is 0.296. The van der Waals surface area contributed by atoms with E-state index in [1.54, 1.807) is 0 Å². The number of halogens is 1. The normalized spacial score (nSPS) is 12.0. The van der Waals surface area contributed by atoms with Gasteiger partial charge in [0.05, 0.1) is 18.0 Å². The van der Waals surface area contributed by atoms with Crippen LogP contribution in [0.4, 0.5) is 0 Å². The largest absolute Gasteiger partial charge is 0.491 e. The fraction of sp³-hybridized carbons (Fsp3) is 0.588. The molecule has 0 amide bonds. The molecule has 0 aliphatic heterocycles. The topological polar surface area (TPSA) is 27.1 Å². The number of alkyl halides is 1. The van der Waals surface area contributed by atoms with E-state index in [0.717, 1.165) is 41.9 Å². The van der Waals surface area contributed by atoms with Gasteiger partial charge in [0.15, 0.2) is 0 Å². The maximum atomic E-state index is 6.16. The van der Waals surface area contributed by atoms with Crippen LogP contribution in [0.3, 0.4) is 0 Å². The molecule has 0 atom stereocenters. The lowest BCUT2D eigenvalue weighted by Gasteiger charge is -2.31. The molecule has 1 heterocycles. The first-order valence-electron chi connectivity index (χ1n) is 7.80. The number of rotatable bonds is 7. The van der Waals surface area contributed by atoms with E-state index in [2.05, 4.69) is 38.3 Å². The van der Waals surface area contributed by atoms with Crippen LogP contribution in [-0.2, 0) is 11.4 Å². The quantitative estimate of drug-likeness (QED) is 0.665. The highest BCUT2D eigenvalue weighted by atomic mass is 35.5. The van der Waals surface area contributed by atoms with Crippen LogP contribution < -0.4 is 4.74 Å². The number of imidazole rings is 1. The van der Waals surface area contributed by atoms with E-state index in [0.29, 0.717) is 12.5 Å². The summed E-state index contributed by atoms with van der Waals surface area (Å²) in [6.45, 7) is 9.51. The van der Waals surface area contributed by atoms with E-state index in [1.807, 2.05) is 12.1 Å². The van der Waals surface area contributed by atoms with Gasteiger partial charge in [-0.3, -0.25) is 0 Å². The highest BCUT2D eigenvalue weighted by Gasteiger charge is 2.27. The van der Waals surface area contributed by atoms with Crippen molar-refractivity contribution >= 4 is 22.6 Å². The molecule has 0 radical (unpaired) electrons. The van der Waals surface area contributed by atoms with E-state index in [4.69, 9.17) is 21.3 Å². The zero-order chi connectivity index (χ0) is 15.5. The predicted octanol–water partition coefficient (Wildman–Crippen LogP) is 5.10. The molecule has 4 heteroatoms. The van der Waals surface area contributed by atoms with Gasteiger partial charge in [0, 0.05) is 5.54 Å². The van der Waals surface area contributed by atoms with Gasteiger partial charge >= 0.3 is 0 Å². The molecule has 0 aliphatic carbocycles. The Morgan fingerprint density at radius 2 is 1.95 bits per heavy atom. The number of hydrogen-bond acceptors (Lipinski definition) is 2. The third kappa shape index (κ3) is 2.89. The van der Waals surface area contributed by atoms with Crippen LogP contribution in [0.15, 0.2) is 18.2 Å². The molecule has 1 aromatic carbocycles. The fourth-order valence-electron chi connectivity index (χ4n) is 2.71. The Balaban J connectivity index is 2.65. The van der Waals surface area contributed by atoms with Crippen molar-refractivity contribution in [3.8, 4) is 5.75 Å². The first kappa shape index (κ1) is 16.2. The lowest BCUT2D eigenvalue weighted by Crippen LogP contribution is -2.29. The van der Waals surface area contributed by atoms with Crippen LogP contribution in [0.2, 0.25) is 0 Å². The van der Waals surface area contributed by atoms with Crippen molar-refractivity contribution in [1.82, 2.24) is 9.55 Å². The SMILES string of the molecule is CCCOc1cccc2c1nc(CCl)n2C(C)(CC)CC. The molecule has 0 aliphatic rings. The molecule has 21 heavy (non-hydrogen) atoms. The van der Waals surface area contributed by atoms with Gasteiger partial charge in [-0.1, -0.05) is 26.8 Å². The summed E-state index contributed by atoms with van der Waals surface area (Å²) in [5.74, 6) is 2.19. The number of fused-ring (bicyclic) bond motifs is 1. The first-order valence-corrected chi connectivity index (χ1v) is 8.34. The molecule has 0 N–H and O–H groups in total. The second kappa shape index (κ2) is 6.69. The average molecular weight is 309 g/mol. The molecule has 2 rings (SSSR count). The van der Waals surface area contributed by atoms with E-state index >= 15 is 0 Å². The fourth-order valence-corrected chi connectivity index (χ4v) is 2.89. The molecule has 0 bridgehead atoms. The Labute approximate surface area is 132 Å². The number of nitrogens with zero attached hydrogens (tertiary/aromatic N) is 2. The van der Waals surface area contributed by atoms with Gasteiger partial charge in [-0.05, 0) is 38.3 Å². The van der Waals surface area contributed by atoms with Crippen LogP contribution in [0.5, 0.6) is 5.75 Å². The van der Waals surface area contributed by atoms with Gasteiger partial charge in [-0.15, -0.1) is 11.6 Å². The Morgan fingerprint density at radius 3 is 2.52 bits per heavy atom. The predicted molar refractivity (Wildman–Crippen MR) is 89.3 cm³/mol. The van der Waals surface area contributed by atoms with Crippen molar-refractivity contribution < 1.29 is 4.74 Å². The molecule has 0 saturated heterocycles. The molecule has 0 fully saturated rings. The summed E-state index contributed by atoms with van der Waals surface area (Å²) in [5.41, 5.74) is 2.07. The molecule has 1 aromatic heterocycles. The maximum Gasteiger partial charge on any atom is 0.147 e. The second-order valence-corrected chi connectivity index (χ2v) is 5.94. The zero-order valence-electron chi connectivity index (χ0n) is 13.4. The molecule has 3 nitrogen and oxygen atoms in total. The van der Waals surface area contributed by atoms with Crippen molar-refractivity contribution in [2.75, 3.05) is 6.61 Å². The molecule has 2 aromatic rings. The van der Waals surface area contributed by atoms with E-state index in [-0.39, 0.29) is 5.54 Å². The third-order valence-corrected chi connectivity index (χ3v) is 4.60. The first-order chi connectivity index (χ1) is 10.1. The summed E-state index contributed by atoms with van der Waals surface area (Å²) >= 11 is 6.16. The van der Waals surface area contributed by atoms with Crippen LogP contribution in [0.25, 0.3) is 11.0 Å². The van der Waals surface area contributed by atoms with Gasteiger partial charge in [0.2, 0.25) is 0 Å². The summed E-state index contributed by atoms with van der Waals surface area (Å²) in [5, 5.41) is 0. The molecular weight excluding hydrogens is 284 g/mol. The van der Waals surface area contributed by atoms with Gasteiger partial charge in [0.1, 0.15) is 17.1 Å². The van der Waals surface area contributed by atoms with E-state index in [9.17, 15) is 0 Å². The van der Waals surface area contributed by atoms with Crippen LogP contribution in [0, 0.1) is 0 Å². The molecule has 0 saturated carbocycles. The summed E-state index contributed by atoms with van der Waals surface area (Å²) < 4.78 is 8.14. The highest BCUT2D eigenvalue weighted by Crippen LogP contribution is 2.34. The summed E-state index contributed by atoms with van der Waals surface area (Å²) in [6.07, 6.45) is 3.07. The minimum Gasteiger partial charge on any atom is -0.491 e. The van der Waals surface area contributed by atoms with Crippen molar-refractivity contribution in [2.24, 2.45) is 0 Å². The average Bonchev–Trinajstić information content (AvgIpc) is 2.91. The van der Waals surface area contributed by atoms with Crippen molar-refractivity contribution in [3.63, 3.8) is 0 Å². The zero-order valence-corrected chi connectivity index (χ0v) is 14.2. The van der Waals surface area contributed by atoms with Crippen molar-refractivity contribution in [3.05, 3.63) is 24.0 Å². The van der Waals surface area contributed by atoms with Crippen LogP contribution in [-0.4, -0.2) is 16.2 Å². The van der Waals surface area contributed by atoms with Crippen LogP contribution >= 0.6 is 11.6 Å². The van der Waals surface area contributed by atoms with E-state index in [1.165, 1.54) is 0 Å². The van der Waals surface area contributed by atoms with Gasteiger partial charge in [-0.25, -0.2) is 4.98 Å². The minimum atomic E-state index is 0.0301. The number of aromatic nitrogens is 2. The summed E-state index contributed by atoms with van der Waals surface area (Å²) in [7, 11) is 0. The number of hydrogen-bond donors (Lipinski definition) is 0. The van der Waals surface area contributed by atoms with Gasteiger partial charge < -0.3 is 9.30 Å². The number of benzene rings is 1. The Morgan fingerprint density at radius 1 is 1.24 bits per heavy atom. The smallest absolute Gasteiger partial charge is 0.147 e. The second-order valence-electron chi connectivity index (χ2n) is 5.67. The van der Waals surface area contributed by atoms with Crippen LogP contribution in [0.1, 0.15) is 52.8 Å². The Bertz CT molecular complexity index is 602. The Kier molecular flexibility index (Phi) is 5.15. The van der Waals surface area contributed by atoms with Crippen molar-refractivity contribution in [2.45, 2.75) is 58.4 Å². The third-order valence-electron chi connectivity index (χ3n) is 4.36. The minimum absolute atomic E-state index is 0.0301. The number of para-hydroxylation sites is 1. The van der Waals surface area contributed by atoms with E-state index < -0.39 is 0 Å². The molecule has 116 valence electrons. The maximum absolute atomic E-state index is 6.16. The standard InChI is InChI=1S/C17H25ClN2O/c1-5-11-21-14-10-8-9-13-16(14)19-15(12-18)20(13)17(4,6-2)7-3/h8-10H,5-7,11-12H2,1-4H3. The lowest BCUT2D eigenvalue weighted by atomic mass is 9.94. The van der Waals surface area contributed by atoms with Gasteiger partial charge in [0.25, 0.3) is 0 Å². The molecule has 0 spiro atoms. The molecular formula is C17H25ClN2O. The number of ether oxygens (including phenoxy) is 1. The Hall–Kier alpha value is -1.22. The summed E-state index contributed by atoms with van der Waals surface area (Å²) in [4.78, 5) is 4.75. The molecule has 0 unspecified atom stereocenters. The summed E-state index contributed by atoms with van der Waals surface area (Å²) in [6, 6.07) is 6.14. The highest BCUT2D eigenvalue weighted by molar-refractivity contribution is 6.16.